The van der Waals surface area contributed by atoms with Crippen LogP contribution < -0.4 is 5.73 Å². The zero-order chi connectivity index (χ0) is 10.3. The molecule has 1 heterocycles. The summed E-state index contributed by atoms with van der Waals surface area (Å²) in [5.41, 5.74) is 8.17. The normalized spacial score (nSPS) is 18.7. The smallest absolute Gasteiger partial charge is 0.138 e. The van der Waals surface area contributed by atoms with Crippen LogP contribution in [-0.2, 0) is 5.54 Å². The largest absolute Gasteiger partial charge is 0.464 e. The average Bonchev–Trinajstić information content (AvgIpc) is 2.85. The van der Waals surface area contributed by atoms with E-state index in [-0.39, 0.29) is 5.54 Å². The van der Waals surface area contributed by atoms with E-state index >= 15 is 0 Å². The average molecular weight is 199 g/mol. The number of para-hydroxylation sites is 1. The molecule has 2 aromatic rings. The van der Waals surface area contributed by atoms with Gasteiger partial charge in [0.2, 0.25) is 0 Å². The summed E-state index contributed by atoms with van der Waals surface area (Å²) in [6.45, 7) is 0. The number of benzene rings is 1. The van der Waals surface area contributed by atoms with Crippen LogP contribution in [0.15, 0.2) is 47.1 Å². The first-order valence-corrected chi connectivity index (χ1v) is 5.20. The van der Waals surface area contributed by atoms with Crippen LogP contribution in [0, 0.1) is 0 Å². The summed E-state index contributed by atoms with van der Waals surface area (Å²) in [4.78, 5) is 0. The number of hydrogen-bond donors (Lipinski definition) is 1. The highest BCUT2D eigenvalue weighted by Crippen LogP contribution is 2.36. The number of fused-ring (bicyclic) bond motifs is 1. The zero-order valence-corrected chi connectivity index (χ0v) is 8.44. The fourth-order valence-electron chi connectivity index (χ4n) is 2.28. The molecule has 2 heteroatoms. The molecule has 0 amide bonds. The van der Waals surface area contributed by atoms with Crippen molar-refractivity contribution in [2.75, 3.05) is 0 Å². The van der Waals surface area contributed by atoms with E-state index in [0.29, 0.717) is 0 Å². The van der Waals surface area contributed by atoms with E-state index in [9.17, 15) is 0 Å². The summed E-state index contributed by atoms with van der Waals surface area (Å²) >= 11 is 0. The van der Waals surface area contributed by atoms with Crippen LogP contribution in [-0.4, -0.2) is 0 Å². The standard InChI is InChI=1S/C13H13NO/c14-13(7-1-2-8-13)11-5-3-4-10-6-9-15-12(10)11/h1-6,9H,7-8,14H2. The highest BCUT2D eigenvalue weighted by atomic mass is 16.3. The molecule has 3 rings (SSSR count). The number of furan rings is 1. The van der Waals surface area contributed by atoms with Gasteiger partial charge in [0, 0.05) is 10.9 Å². The molecule has 0 spiro atoms. The van der Waals surface area contributed by atoms with E-state index < -0.39 is 0 Å². The third-order valence-electron chi connectivity index (χ3n) is 3.15. The molecule has 1 aromatic carbocycles. The molecular formula is C13H13NO. The maximum atomic E-state index is 6.38. The summed E-state index contributed by atoms with van der Waals surface area (Å²) in [5, 5.41) is 1.13. The predicted octanol–water partition coefficient (Wildman–Crippen LogP) is 2.94. The van der Waals surface area contributed by atoms with Crippen molar-refractivity contribution in [2.24, 2.45) is 5.73 Å². The predicted molar refractivity (Wildman–Crippen MR) is 60.5 cm³/mol. The minimum Gasteiger partial charge on any atom is -0.464 e. The second-order valence-electron chi connectivity index (χ2n) is 4.18. The summed E-state index contributed by atoms with van der Waals surface area (Å²) < 4.78 is 5.52. The number of rotatable bonds is 1. The van der Waals surface area contributed by atoms with Crippen molar-refractivity contribution in [3.63, 3.8) is 0 Å². The van der Waals surface area contributed by atoms with E-state index in [1.54, 1.807) is 6.26 Å². The van der Waals surface area contributed by atoms with Crippen molar-refractivity contribution in [3.05, 3.63) is 48.2 Å². The third kappa shape index (κ3) is 1.22. The van der Waals surface area contributed by atoms with Crippen molar-refractivity contribution in [2.45, 2.75) is 18.4 Å². The van der Waals surface area contributed by atoms with Crippen molar-refractivity contribution in [1.29, 1.82) is 0 Å². The number of nitrogens with two attached hydrogens (primary N) is 1. The molecular weight excluding hydrogens is 186 g/mol. The Labute approximate surface area is 88.4 Å². The molecule has 1 aliphatic rings. The maximum Gasteiger partial charge on any atom is 0.138 e. The molecule has 1 aliphatic carbocycles. The molecule has 0 fully saturated rings. The van der Waals surface area contributed by atoms with E-state index in [1.165, 1.54) is 0 Å². The van der Waals surface area contributed by atoms with E-state index in [0.717, 1.165) is 29.4 Å². The van der Waals surface area contributed by atoms with Crippen LogP contribution in [0.2, 0.25) is 0 Å². The molecule has 0 saturated heterocycles. The lowest BCUT2D eigenvalue weighted by atomic mass is 9.88. The Balaban J connectivity index is 2.22. The molecule has 0 aliphatic heterocycles. The second-order valence-corrected chi connectivity index (χ2v) is 4.18. The zero-order valence-electron chi connectivity index (χ0n) is 8.44. The topological polar surface area (TPSA) is 39.2 Å². The first kappa shape index (κ1) is 8.74. The van der Waals surface area contributed by atoms with Gasteiger partial charge in [-0.05, 0) is 18.9 Å². The van der Waals surface area contributed by atoms with Crippen molar-refractivity contribution in [3.8, 4) is 0 Å². The Morgan fingerprint density at radius 1 is 1.13 bits per heavy atom. The Kier molecular flexibility index (Phi) is 1.73. The molecule has 2 nitrogen and oxygen atoms in total. The van der Waals surface area contributed by atoms with Gasteiger partial charge in [0.05, 0.1) is 11.8 Å². The lowest BCUT2D eigenvalue weighted by Crippen LogP contribution is -2.33. The van der Waals surface area contributed by atoms with Crippen molar-refractivity contribution >= 4 is 11.0 Å². The van der Waals surface area contributed by atoms with Gasteiger partial charge in [-0.3, -0.25) is 0 Å². The Morgan fingerprint density at radius 3 is 2.73 bits per heavy atom. The Bertz CT molecular complexity index is 516. The van der Waals surface area contributed by atoms with Gasteiger partial charge in [-0.15, -0.1) is 0 Å². The van der Waals surface area contributed by atoms with Crippen LogP contribution >= 0.6 is 0 Å². The van der Waals surface area contributed by atoms with Gasteiger partial charge in [-0.25, -0.2) is 0 Å². The highest BCUT2D eigenvalue weighted by molar-refractivity contribution is 5.81. The highest BCUT2D eigenvalue weighted by Gasteiger charge is 2.30. The third-order valence-corrected chi connectivity index (χ3v) is 3.15. The van der Waals surface area contributed by atoms with Gasteiger partial charge in [0.1, 0.15) is 5.58 Å². The molecule has 1 aromatic heterocycles. The summed E-state index contributed by atoms with van der Waals surface area (Å²) in [7, 11) is 0. The van der Waals surface area contributed by atoms with Crippen LogP contribution in [0.5, 0.6) is 0 Å². The molecule has 76 valence electrons. The summed E-state index contributed by atoms with van der Waals surface area (Å²) in [5.74, 6) is 0. The molecule has 2 N–H and O–H groups in total. The molecule has 0 bridgehead atoms. The van der Waals surface area contributed by atoms with Gasteiger partial charge < -0.3 is 10.2 Å². The monoisotopic (exact) mass is 199 g/mol. The lowest BCUT2D eigenvalue weighted by Gasteiger charge is -2.24. The lowest BCUT2D eigenvalue weighted by molar-refractivity contribution is 0.473. The van der Waals surface area contributed by atoms with E-state index in [1.807, 2.05) is 18.2 Å². The summed E-state index contributed by atoms with van der Waals surface area (Å²) in [6, 6.07) is 8.14. The van der Waals surface area contributed by atoms with Crippen molar-refractivity contribution < 1.29 is 4.42 Å². The summed E-state index contributed by atoms with van der Waals surface area (Å²) in [6.07, 6.45) is 7.79. The fourth-order valence-corrected chi connectivity index (χ4v) is 2.28. The van der Waals surface area contributed by atoms with E-state index in [4.69, 9.17) is 10.2 Å². The first-order valence-electron chi connectivity index (χ1n) is 5.20. The van der Waals surface area contributed by atoms with Crippen LogP contribution in [0.25, 0.3) is 11.0 Å². The van der Waals surface area contributed by atoms with Crippen molar-refractivity contribution in [1.82, 2.24) is 0 Å². The van der Waals surface area contributed by atoms with Crippen LogP contribution in [0.4, 0.5) is 0 Å². The fraction of sp³-hybridized carbons (Fsp3) is 0.231. The quantitative estimate of drug-likeness (QED) is 0.717. The molecule has 15 heavy (non-hydrogen) atoms. The molecule has 0 atom stereocenters. The van der Waals surface area contributed by atoms with Gasteiger partial charge in [0.25, 0.3) is 0 Å². The minimum absolute atomic E-state index is 0.267. The van der Waals surface area contributed by atoms with Crippen LogP contribution in [0.3, 0.4) is 0 Å². The Morgan fingerprint density at radius 2 is 1.93 bits per heavy atom. The maximum absolute atomic E-state index is 6.38. The minimum atomic E-state index is -0.267. The van der Waals surface area contributed by atoms with Gasteiger partial charge in [-0.2, -0.15) is 0 Å². The Hall–Kier alpha value is -1.54. The number of hydrogen-bond acceptors (Lipinski definition) is 2. The van der Waals surface area contributed by atoms with Gasteiger partial charge in [-0.1, -0.05) is 30.4 Å². The van der Waals surface area contributed by atoms with Crippen LogP contribution in [0.1, 0.15) is 18.4 Å². The van der Waals surface area contributed by atoms with E-state index in [2.05, 4.69) is 18.2 Å². The second kappa shape index (κ2) is 2.97. The van der Waals surface area contributed by atoms with Gasteiger partial charge in [0.15, 0.2) is 0 Å². The molecule has 0 unspecified atom stereocenters. The first-order chi connectivity index (χ1) is 7.30. The molecule has 0 radical (unpaired) electrons. The van der Waals surface area contributed by atoms with Gasteiger partial charge >= 0.3 is 0 Å². The SMILES string of the molecule is NC1(c2cccc3ccoc23)CC=CC1. The molecule has 0 saturated carbocycles.